The van der Waals surface area contributed by atoms with E-state index in [-0.39, 0.29) is 17.7 Å². The van der Waals surface area contributed by atoms with Gasteiger partial charge in [-0.2, -0.15) is 0 Å². The van der Waals surface area contributed by atoms with Crippen molar-refractivity contribution in [2.24, 2.45) is 5.92 Å². The monoisotopic (exact) mass is 417 g/mol. The average molecular weight is 418 g/mol. The molecule has 0 atom stereocenters. The summed E-state index contributed by atoms with van der Waals surface area (Å²) in [5.41, 5.74) is 0.612. The molecule has 1 saturated heterocycles. The molecule has 3 rings (SSSR count). The molecule has 0 aliphatic carbocycles. The largest absolute Gasteiger partial charge is 0.497 e. The summed E-state index contributed by atoms with van der Waals surface area (Å²) in [7, 11) is 3.14. The van der Waals surface area contributed by atoms with Gasteiger partial charge in [0.25, 0.3) is 0 Å². The molecule has 0 spiro atoms. The third-order valence-corrected chi connectivity index (χ3v) is 5.90. The number of rotatable bonds is 8. The highest BCUT2D eigenvalue weighted by atomic mass is 32.1. The number of piperidine rings is 1. The number of methoxy groups -OCH3 is 2. The second-order valence-electron chi connectivity index (χ2n) is 6.96. The van der Waals surface area contributed by atoms with E-state index in [1.807, 2.05) is 17.5 Å². The Morgan fingerprint density at radius 1 is 1.17 bits per heavy atom. The van der Waals surface area contributed by atoms with E-state index in [9.17, 15) is 9.59 Å². The maximum absolute atomic E-state index is 12.4. The first kappa shape index (κ1) is 21.1. The molecular weight excluding hydrogens is 390 g/mol. The Bertz CT molecular complexity index is 817. The highest BCUT2D eigenvalue weighted by Gasteiger charge is 2.26. The molecule has 1 aliphatic rings. The van der Waals surface area contributed by atoms with Gasteiger partial charge in [-0.05, 0) is 49.5 Å². The Morgan fingerprint density at radius 2 is 1.97 bits per heavy atom. The fraction of sp³-hybridized carbons (Fsp3) is 0.429. The topological polar surface area (TPSA) is 79.9 Å². The molecule has 29 heavy (non-hydrogen) atoms. The smallest absolute Gasteiger partial charge is 0.238 e. The van der Waals surface area contributed by atoms with Crippen molar-refractivity contribution >= 4 is 28.8 Å². The van der Waals surface area contributed by atoms with Gasteiger partial charge < -0.3 is 20.1 Å². The molecule has 2 heterocycles. The predicted octanol–water partition coefficient (Wildman–Crippen LogP) is 2.73. The first-order valence-electron chi connectivity index (χ1n) is 9.63. The number of anilines is 1. The van der Waals surface area contributed by atoms with E-state index in [1.54, 1.807) is 43.8 Å². The number of thiophene rings is 1. The molecule has 2 N–H and O–H groups in total. The second kappa shape index (κ2) is 10.3. The number of nitrogens with zero attached hydrogens (tertiary/aromatic N) is 1. The molecule has 0 unspecified atom stereocenters. The number of carbonyl (C=O) groups is 2. The summed E-state index contributed by atoms with van der Waals surface area (Å²) in [6, 6.07) is 9.27. The Kier molecular flexibility index (Phi) is 7.48. The number of likely N-dealkylation sites (tertiary alicyclic amines) is 1. The lowest BCUT2D eigenvalue weighted by molar-refractivity contribution is -0.126. The average Bonchev–Trinajstić information content (AvgIpc) is 3.26. The molecule has 0 bridgehead atoms. The molecule has 1 aliphatic heterocycles. The Balaban J connectivity index is 1.43. The highest BCUT2D eigenvalue weighted by molar-refractivity contribution is 7.09. The summed E-state index contributed by atoms with van der Waals surface area (Å²) in [6.45, 7) is 2.33. The summed E-state index contributed by atoms with van der Waals surface area (Å²) < 4.78 is 10.5. The van der Waals surface area contributed by atoms with Crippen LogP contribution in [0.25, 0.3) is 0 Å². The molecule has 156 valence electrons. The fourth-order valence-corrected chi connectivity index (χ4v) is 4.02. The van der Waals surface area contributed by atoms with Crippen LogP contribution < -0.4 is 20.1 Å². The third kappa shape index (κ3) is 5.95. The van der Waals surface area contributed by atoms with Gasteiger partial charge in [-0.3, -0.25) is 14.5 Å². The van der Waals surface area contributed by atoms with E-state index in [0.29, 0.717) is 30.3 Å². The summed E-state index contributed by atoms with van der Waals surface area (Å²) in [5, 5.41) is 7.91. The zero-order valence-electron chi connectivity index (χ0n) is 16.8. The first-order chi connectivity index (χ1) is 14.1. The number of ether oxygens (including phenoxy) is 2. The minimum atomic E-state index is -0.103. The van der Waals surface area contributed by atoms with E-state index in [2.05, 4.69) is 15.5 Å². The highest BCUT2D eigenvalue weighted by Crippen LogP contribution is 2.29. The molecule has 0 saturated carbocycles. The van der Waals surface area contributed by atoms with Gasteiger partial charge in [-0.1, -0.05) is 6.07 Å². The summed E-state index contributed by atoms with van der Waals surface area (Å²) >= 11 is 1.64. The van der Waals surface area contributed by atoms with Crippen LogP contribution in [0.1, 0.15) is 17.7 Å². The van der Waals surface area contributed by atoms with Crippen LogP contribution in [-0.2, 0) is 16.1 Å². The van der Waals surface area contributed by atoms with Crippen molar-refractivity contribution in [1.82, 2.24) is 10.2 Å². The molecule has 0 radical (unpaired) electrons. The van der Waals surface area contributed by atoms with E-state index >= 15 is 0 Å². The van der Waals surface area contributed by atoms with Crippen molar-refractivity contribution in [3.63, 3.8) is 0 Å². The van der Waals surface area contributed by atoms with Crippen molar-refractivity contribution in [2.45, 2.75) is 19.4 Å². The zero-order chi connectivity index (χ0) is 20.6. The summed E-state index contributed by atoms with van der Waals surface area (Å²) in [6.07, 6.45) is 1.52. The van der Waals surface area contributed by atoms with Crippen LogP contribution in [0.15, 0.2) is 35.7 Å². The van der Waals surface area contributed by atoms with Crippen molar-refractivity contribution in [1.29, 1.82) is 0 Å². The van der Waals surface area contributed by atoms with Crippen LogP contribution in [0.4, 0.5) is 5.69 Å². The van der Waals surface area contributed by atoms with Crippen molar-refractivity contribution < 1.29 is 19.1 Å². The maximum atomic E-state index is 12.4. The first-order valence-corrected chi connectivity index (χ1v) is 10.5. The minimum Gasteiger partial charge on any atom is -0.497 e. The van der Waals surface area contributed by atoms with E-state index in [4.69, 9.17) is 9.47 Å². The number of amides is 2. The van der Waals surface area contributed by atoms with Crippen molar-refractivity contribution in [2.75, 3.05) is 39.2 Å². The number of benzene rings is 1. The molecule has 1 aromatic heterocycles. The van der Waals surface area contributed by atoms with Gasteiger partial charge >= 0.3 is 0 Å². The Hall–Kier alpha value is -2.58. The molecular formula is C21H27N3O4S. The standard InChI is InChI=1S/C21H27N3O4S/c1-27-16-5-6-18(19(12-16)28-2)23-20(25)14-24-9-7-15(8-10-24)21(26)22-13-17-4-3-11-29-17/h3-6,11-12,15H,7-10,13-14H2,1-2H3,(H,22,26)(H,23,25). The molecule has 1 fully saturated rings. The summed E-state index contributed by atoms with van der Waals surface area (Å²) in [4.78, 5) is 28.0. The number of hydrogen-bond acceptors (Lipinski definition) is 6. The minimum absolute atomic E-state index is 0.0101. The van der Waals surface area contributed by atoms with Gasteiger partial charge in [0, 0.05) is 16.9 Å². The van der Waals surface area contributed by atoms with E-state index in [1.165, 1.54) is 0 Å². The van der Waals surface area contributed by atoms with E-state index < -0.39 is 0 Å². The van der Waals surface area contributed by atoms with Crippen molar-refractivity contribution in [3.8, 4) is 11.5 Å². The molecule has 2 amide bonds. The van der Waals surface area contributed by atoms with Gasteiger partial charge in [0.05, 0.1) is 33.0 Å². The lowest BCUT2D eigenvalue weighted by Crippen LogP contribution is -2.43. The van der Waals surface area contributed by atoms with Gasteiger partial charge in [-0.25, -0.2) is 0 Å². The van der Waals surface area contributed by atoms with Gasteiger partial charge in [0.2, 0.25) is 11.8 Å². The molecule has 1 aromatic carbocycles. The number of nitrogens with one attached hydrogen (secondary N) is 2. The fourth-order valence-electron chi connectivity index (χ4n) is 3.38. The maximum Gasteiger partial charge on any atom is 0.238 e. The van der Waals surface area contributed by atoms with Gasteiger partial charge in [0.1, 0.15) is 11.5 Å². The number of hydrogen-bond donors (Lipinski definition) is 2. The van der Waals surface area contributed by atoms with Crippen LogP contribution in [0.3, 0.4) is 0 Å². The van der Waals surface area contributed by atoms with Gasteiger partial charge in [0.15, 0.2) is 0 Å². The van der Waals surface area contributed by atoms with Crippen molar-refractivity contribution in [3.05, 3.63) is 40.6 Å². The molecule has 8 heteroatoms. The molecule has 2 aromatic rings. The number of carbonyl (C=O) groups excluding carboxylic acids is 2. The van der Waals surface area contributed by atoms with Crippen LogP contribution in [-0.4, -0.2) is 50.6 Å². The van der Waals surface area contributed by atoms with Crippen LogP contribution in [0.5, 0.6) is 11.5 Å². The normalized spacial score (nSPS) is 15.0. The van der Waals surface area contributed by atoms with Crippen LogP contribution in [0, 0.1) is 5.92 Å². The van der Waals surface area contributed by atoms with Gasteiger partial charge in [-0.15, -0.1) is 11.3 Å². The summed E-state index contributed by atoms with van der Waals surface area (Å²) in [5.74, 6) is 1.23. The van der Waals surface area contributed by atoms with Crippen LogP contribution in [0.2, 0.25) is 0 Å². The Morgan fingerprint density at radius 3 is 2.62 bits per heavy atom. The third-order valence-electron chi connectivity index (χ3n) is 5.03. The SMILES string of the molecule is COc1ccc(NC(=O)CN2CCC(C(=O)NCc3cccs3)CC2)c(OC)c1. The zero-order valence-corrected chi connectivity index (χ0v) is 17.6. The van der Waals surface area contributed by atoms with E-state index in [0.717, 1.165) is 30.8 Å². The second-order valence-corrected chi connectivity index (χ2v) is 7.99. The van der Waals surface area contributed by atoms with Crippen LogP contribution >= 0.6 is 11.3 Å². The predicted molar refractivity (Wildman–Crippen MR) is 114 cm³/mol. The lowest BCUT2D eigenvalue weighted by atomic mass is 9.96. The molecule has 7 nitrogen and oxygen atoms in total. The quantitative estimate of drug-likeness (QED) is 0.690. The Labute approximate surface area is 175 Å². The lowest BCUT2D eigenvalue weighted by Gasteiger charge is -2.30.